The first-order valence-corrected chi connectivity index (χ1v) is 26.1. The molecule has 0 spiro atoms. The van der Waals surface area contributed by atoms with E-state index in [1.165, 1.54) is 64.2 Å². The summed E-state index contributed by atoms with van der Waals surface area (Å²) in [6, 6.07) is 0. The molecule has 0 aromatic carbocycles. The van der Waals surface area contributed by atoms with E-state index in [0.717, 1.165) is 103 Å². The number of rotatable bonds is 45. The molecule has 0 radical (unpaired) electrons. The third-order valence-electron chi connectivity index (χ3n) is 10.0. The zero-order chi connectivity index (χ0) is 45.3. The fourth-order valence-electron chi connectivity index (χ4n) is 6.40. The van der Waals surface area contributed by atoms with Crippen LogP contribution in [0.2, 0.25) is 0 Å². The van der Waals surface area contributed by atoms with Gasteiger partial charge in [-0.2, -0.15) is 0 Å². The summed E-state index contributed by atoms with van der Waals surface area (Å²) in [4.78, 5) is 35.0. The molecular weight excluding hydrogens is 798 g/mol. The van der Waals surface area contributed by atoms with Gasteiger partial charge < -0.3 is 20.1 Å². The van der Waals surface area contributed by atoms with E-state index < -0.39 is 32.5 Å². The van der Waals surface area contributed by atoms with E-state index in [-0.39, 0.29) is 32.6 Å². The summed E-state index contributed by atoms with van der Waals surface area (Å²) in [5.74, 6) is -0.852. The molecule has 3 N–H and O–H groups in total. The van der Waals surface area contributed by atoms with Gasteiger partial charge in [-0.15, -0.1) is 0 Å². The molecule has 0 amide bonds. The fraction of sp³-hybridized carbons (Fsp3) is 0.692. The Morgan fingerprint density at radius 3 is 1.34 bits per heavy atom. The predicted molar refractivity (Wildman–Crippen MR) is 261 cm³/mol. The summed E-state index contributed by atoms with van der Waals surface area (Å²) in [6.45, 7) is 3.58. The molecule has 2 unspecified atom stereocenters. The zero-order valence-corrected chi connectivity index (χ0v) is 40.2. The van der Waals surface area contributed by atoms with Crippen LogP contribution in [0.4, 0.5) is 0 Å². The van der Waals surface area contributed by atoms with Crippen LogP contribution in [0.15, 0.2) is 85.1 Å². The smallest absolute Gasteiger partial charge is 0.462 e. The normalized spacial score (nSPS) is 13.9. The molecule has 356 valence electrons. The average Bonchev–Trinajstić information content (AvgIpc) is 3.26. The van der Waals surface area contributed by atoms with Gasteiger partial charge in [0.1, 0.15) is 6.61 Å². The summed E-state index contributed by atoms with van der Waals surface area (Å²) >= 11 is 0. The number of phosphoric ester groups is 1. The highest BCUT2D eigenvalue weighted by Gasteiger charge is 2.26. The molecule has 10 heteroatoms. The molecule has 0 bridgehead atoms. The molecule has 0 fully saturated rings. The van der Waals surface area contributed by atoms with Crippen molar-refractivity contribution in [3.63, 3.8) is 0 Å². The second-order valence-corrected chi connectivity index (χ2v) is 17.4. The van der Waals surface area contributed by atoms with Crippen molar-refractivity contribution in [3.8, 4) is 0 Å². The van der Waals surface area contributed by atoms with Gasteiger partial charge in [-0.25, -0.2) is 4.57 Å². The van der Waals surface area contributed by atoms with Gasteiger partial charge in [0, 0.05) is 19.4 Å². The number of nitrogens with two attached hydrogens (primary N) is 1. The van der Waals surface area contributed by atoms with E-state index in [4.69, 9.17) is 24.3 Å². The zero-order valence-electron chi connectivity index (χ0n) is 39.3. The summed E-state index contributed by atoms with van der Waals surface area (Å²) in [5, 5.41) is 0. The Hall–Kier alpha value is -2.81. The molecule has 62 heavy (non-hydrogen) atoms. The molecular formula is C52H90NO8P. The molecule has 2 atom stereocenters. The van der Waals surface area contributed by atoms with Gasteiger partial charge in [-0.1, -0.05) is 182 Å². The maximum absolute atomic E-state index is 12.6. The Kier molecular flexibility index (Phi) is 45.5. The Morgan fingerprint density at radius 1 is 0.500 bits per heavy atom. The predicted octanol–water partition coefficient (Wildman–Crippen LogP) is 14.8. The van der Waals surface area contributed by atoms with Crippen molar-refractivity contribution < 1.29 is 37.6 Å². The van der Waals surface area contributed by atoms with Gasteiger partial charge in [0.25, 0.3) is 0 Å². The number of esters is 2. The summed E-state index contributed by atoms with van der Waals surface area (Å²) in [7, 11) is -4.39. The van der Waals surface area contributed by atoms with E-state index in [2.05, 4.69) is 98.9 Å². The van der Waals surface area contributed by atoms with Gasteiger partial charge >= 0.3 is 19.8 Å². The summed E-state index contributed by atoms with van der Waals surface area (Å²) < 4.78 is 32.9. The van der Waals surface area contributed by atoms with Crippen LogP contribution in [0, 0.1) is 0 Å². The van der Waals surface area contributed by atoms with Crippen molar-refractivity contribution in [3.05, 3.63) is 85.1 Å². The minimum Gasteiger partial charge on any atom is -0.462 e. The lowest BCUT2D eigenvalue weighted by molar-refractivity contribution is -0.161. The quantitative estimate of drug-likeness (QED) is 0.0265. The van der Waals surface area contributed by atoms with Crippen LogP contribution in [0.1, 0.15) is 200 Å². The van der Waals surface area contributed by atoms with Gasteiger partial charge in [-0.3, -0.25) is 18.6 Å². The second-order valence-electron chi connectivity index (χ2n) is 15.9. The molecule has 0 rings (SSSR count). The van der Waals surface area contributed by atoms with Gasteiger partial charge in [0.2, 0.25) is 0 Å². The highest BCUT2D eigenvalue weighted by molar-refractivity contribution is 7.47. The largest absolute Gasteiger partial charge is 0.472 e. The molecule has 0 aromatic heterocycles. The monoisotopic (exact) mass is 888 g/mol. The number of hydrogen-bond donors (Lipinski definition) is 2. The van der Waals surface area contributed by atoms with Crippen LogP contribution in [-0.4, -0.2) is 49.3 Å². The molecule has 0 aliphatic carbocycles. The van der Waals surface area contributed by atoms with Crippen molar-refractivity contribution in [2.45, 2.75) is 206 Å². The lowest BCUT2D eigenvalue weighted by Gasteiger charge is -2.19. The van der Waals surface area contributed by atoms with Crippen molar-refractivity contribution in [2.75, 3.05) is 26.4 Å². The van der Waals surface area contributed by atoms with Crippen molar-refractivity contribution in [1.29, 1.82) is 0 Å². The Morgan fingerprint density at radius 2 is 0.887 bits per heavy atom. The summed E-state index contributed by atoms with van der Waals surface area (Å²) in [5.41, 5.74) is 5.36. The topological polar surface area (TPSA) is 134 Å². The third-order valence-corrected chi connectivity index (χ3v) is 11.0. The third kappa shape index (κ3) is 46.7. The first-order valence-electron chi connectivity index (χ1n) is 24.6. The lowest BCUT2D eigenvalue weighted by Crippen LogP contribution is -2.29. The molecule has 0 saturated carbocycles. The molecule has 0 aliphatic rings. The standard InChI is InChI=1S/C52H90NO8P/c1-3-5-7-9-11-13-15-17-19-20-21-22-23-24-25-26-27-28-29-30-31-33-35-37-39-41-43-45-52(55)61-50(49-60-62(56,57)59-47-46-53)48-58-51(54)44-42-40-38-36-34-32-18-16-14-12-10-8-6-4-2/h5,7,11,13,16-19,21-22,24-25,27-28,50H,3-4,6,8-10,12,14-15,20,23,26,29-49,53H2,1-2H3,(H,56,57)/b7-5-,13-11-,18-16-,19-17-,22-21-,25-24-,28-27-. The van der Waals surface area contributed by atoms with E-state index >= 15 is 0 Å². The minimum atomic E-state index is -4.39. The number of carbonyl (C=O) groups excluding carboxylic acids is 2. The van der Waals surface area contributed by atoms with Crippen LogP contribution in [0.25, 0.3) is 0 Å². The van der Waals surface area contributed by atoms with Crippen LogP contribution >= 0.6 is 7.82 Å². The average molecular weight is 888 g/mol. The van der Waals surface area contributed by atoms with Gasteiger partial charge in [0.05, 0.1) is 13.2 Å². The van der Waals surface area contributed by atoms with Crippen molar-refractivity contribution >= 4 is 19.8 Å². The van der Waals surface area contributed by atoms with Crippen LogP contribution in [-0.2, 0) is 32.7 Å². The van der Waals surface area contributed by atoms with Crippen LogP contribution < -0.4 is 5.73 Å². The Bertz CT molecular complexity index is 1290. The minimum absolute atomic E-state index is 0.0469. The Balaban J connectivity index is 4.09. The van der Waals surface area contributed by atoms with E-state index in [1.54, 1.807) is 0 Å². The van der Waals surface area contributed by atoms with E-state index in [1.807, 2.05) is 0 Å². The number of ether oxygens (including phenoxy) is 2. The first-order chi connectivity index (χ1) is 30.3. The molecule has 0 aromatic rings. The molecule has 0 heterocycles. The second kappa shape index (κ2) is 47.7. The fourth-order valence-corrected chi connectivity index (χ4v) is 7.16. The number of hydrogen-bond acceptors (Lipinski definition) is 8. The highest BCUT2D eigenvalue weighted by Crippen LogP contribution is 2.43. The number of allylic oxidation sites excluding steroid dienone is 14. The number of carbonyl (C=O) groups is 2. The molecule has 9 nitrogen and oxygen atoms in total. The number of unbranched alkanes of at least 4 members (excludes halogenated alkanes) is 18. The SMILES string of the molecule is CC/C=C\C/C=C\C/C=C\C/C=C\C/C=C\C/C=C\CCCCCCCCCCC(=O)OC(COC(=O)CCCCCCC/C=C\CCCCCCC)COP(=O)(O)OCCN. The Labute approximate surface area is 379 Å². The van der Waals surface area contributed by atoms with Gasteiger partial charge in [0.15, 0.2) is 6.10 Å². The molecule has 0 aliphatic heterocycles. The van der Waals surface area contributed by atoms with Crippen LogP contribution in [0.5, 0.6) is 0 Å². The van der Waals surface area contributed by atoms with E-state index in [9.17, 15) is 19.0 Å². The summed E-state index contributed by atoms with van der Waals surface area (Å²) in [6.07, 6.45) is 60.4. The maximum Gasteiger partial charge on any atom is 0.472 e. The first kappa shape index (κ1) is 59.2. The molecule has 0 saturated heterocycles. The maximum atomic E-state index is 12.6. The van der Waals surface area contributed by atoms with Crippen LogP contribution in [0.3, 0.4) is 0 Å². The van der Waals surface area contributed by atoms with Crippen molar-refractivity contribution in [2.24, 2.45) is 5.73 Å². The van der Waals surface area contributed by atoms with Crippen molar-refractivity contribution in [1.82, 2.24) is 0 Å². The lowest BCUT2D eigenvalue weighted by atomic mass is 10.1. The highest BCUT2D eigenvalue weighted by atomic mass is 31.2. The number of phosphoric acid groups is 1. The van der Waals surface area contributed by atoms with E-state index in [0.29, 0.717) is 6.42 Å². The van der Waals surface area contributed by atoms with Gasteiger partial charge in [-0.05, 0) is 89.9 Å².